The van der Waals surface area contributed by atoms with Gasteiger partial charge in [0.25, 0.3) is 0 Å². The lowest BCUT2D eigenvalue weighted by molar-refractivity contribution is 0.563. The Labute approximate surface area is 93.8 Å². The van der Waals surface area contributed by atoms with E-state index >= 15 is 0 Å². The number of nitrogens with two attached hydrogens (primary N) is 1. The van der Waals surface area contributed by atoms with Crippen LogP contribution in [0.5, 0.6) is 0 Å². The van der Waals surface area contributed by atoms with Gasteiger partial charge in [0.15, 0.2) is 0 Å². The first kappa shape index (κ1) is 11.5. The number of sulfonamides is 2. The van der Waals surface area contributed by atoms with Crippen LogP contribution in [0.25, 0.3) is 0 Å². The summed E-state index contributed by atoms with van der Waals surface area (Å²) in [5, 5.41) is 4.92. The van der Waals surface area contributed by atoms with E-state index < -0.39 is 20.0 Å². The van der Waals surface area contributed by atoms with Crippen molar-refractivity contribution in [2.45, 2.75) is 9.79 Å². The molecular weight excluding hydrogens is 252 g/mol. The lowest BCUT2D eigenvalue weighted by atomic mass is 10.4. The van der Waals surface area contributed by atoms with Crippen molar-refractivity contribution < 1.29 is 16.8 Å². The molecule has 1 aromatic carbocycles. The van der Waals surface area contributed by atoms with E-state index in [1.54, 1.807) is 0 Å². The SMILES string of the molecule is NS(=O)(=O)c1cccc(S(=O)(=O)N2CC2)c1. The molecule has 0 saturated carbocycles. The molecule has 0 unspecified atom stereocenters. The fraction of sp³-hybridized carbons (Fsp3) is 0.250. The molecule has 1 aliphatic rings. The van der Waals surface area contributed by atoms with Crippen molar-refractivity contribution in [3.05, 3.63) is 24.3 Å². The predicted molar refractivity (Wildman–Crippen MR) is 56.6 cm³/mol. The molecule has 0 aromatic heterocycles. The van der Waals surface area contributed by atoms with Crippen LogP contribution in [0, 0.1) is 0 Å². The van der Waals surface area contributed by atoms with Gasteiger partial charge in [0.2, 0.25) is 20.0 Å². The third-order valence-electron chi connectivity index (χ3n) is 2.18. The second-order valence-electron chi connectivity index (χ2n) is 3.42. The minimum absolute atomic E-state index is 0.0449. The molecule has 0 amide bonds. The van der Waals surface area contributed by atoms with Crippen LogP contribution in [0.15, 0.2) is 34.1 Å². The molecular formula is C8H10N2O4S2. The normalized spacial score (nSPS) is 17.3. The van der Waals surface area contributed by atoms with Gasteiger partial charge in [0, 0.05) is 13.1 Å². The van der Waals surface area contributed by atoms with Crippen LogP contribution in [0.2, 0.25) is 0 Å². The van der Waals surface area contributed by atoms with Crippen LogP contribution in [0.1, 0.15) is 0 Å². The van der Waals surface area contributed by atoms with E-state index in [1.165, 1.54) is 22.5 Å². The molecule has 1 aliphatic heterocycles. The molecule has 0 bridgehead atoms. The average molecular weight is 262 g/mol. The van der Waals surface area contributed by atoms with Crippen LogP contribution < -0.4 is 5.14 Å². The summed E-state index contributed by atoms with van der Waals surface area (Å²) in [5.74, 6) is 0. The third kappa shape index (κ3) is 2.09. The van der Waals surface area contributed by atoms with E-state index in [4.69, 9.17) is 5.14 Å². The van der Waals surface area contributed by atoms with E-state index in [0.717, 1.165) is 6.07 Å². The lowest BCUT2D eigenvalue weighted by Crippen LogP contribution is -2.15. The van der Waals surface area contributed by atoms with Gasteiger partial charge in [-0.3, -0.25) is 0 Å². The Morgan fingerprint density at radius 1 is 1.06 bits per heavy atom. The summed E-state index contributed by atoms with van der Waals surface area (Å²) in [6.45, 7) is 0.948. The summed E-state index contributed by atoms with van der Waals surface area (Å²) in [6, 6.07) is 5.04. The molecule has 0 aliphatic carbocycles. The van der Waals surface area contributed by atoms with Gasteiger partial charge in [-0.2, -0.15) is 4.31 Å². The maximum atomic E-state index is 11.8. The minimum atomic E-state index is -3.87. The molecule has 0 radical (unpaired) electrons. The maximum absolute atomic E-state index is 11.8. The number of hydrogen-bond donors (Lipinski definition) is 1. The highest BCUT2D eigenvalue weighted by molar-refractivity contribution is 7.90. The molecule has 2 N–H and O–H groups in total. The fourth-order valence-corrected chi connectivity index (χ4v) is 3.26. The van der Waals surface area contributed by atoms with Crippen molar-refractivity contribution in [1.29, 1.82) is 0 Å². The van der Waals surface area contributed by atoms with E-state index in [0.29, 0.717) is 13.1 Å². The smallest absolute Gasteiger partial charge is 0.225 e. The number of hydrogen-bond acceptors (Lipinski definition) is 4. The van der Waals surface area contributed by atoms with Crippen LogP contribution in [0.3, 0.4) is 0 Å². The molecule has 1 fully saturated rings. The van der Waals surface area contributed by atoms with Gasteiger partial charge in [-0.1, -0.05) is 6.07 Å². The standard InChI is InChI=1S/C8H10N2O4S2/c9-15(11,12)7-2-1-3-8(6-7)16(13,14)10-4-5-10/h1-3,6H,4-5H2,(H2,9,11,12). The van der Waals surface area contributed by atoms with Crippen molar-refractivity contribution in [2.24, 2.45) is 5.14 Å². The Hall–Kier alpha value is -0.960. The minimum Gasteiger partial charge on any atom is -0.225 e. The van der Waals surface area contributed by atoms with Gasteiger partial charge in [-0.25, -0.2) is 22.0 Å². The van der Waals surface area contributed by atoms with Crippen molar-refractivity contribution in [1.82, 2.24) is 4.31 Å². The van der Waals surface area contributed by atoms with Crippen molar-refractivity contribution in [3.8, 4) is 0 Å². The monoisotopic (exact) mass is 262 g/mol. The second kappa shape index (κ2) is 3.52. The van der Waals surface area contributed by atoms with Gasteiger partial charge in [0.1, 0.15) is 0 Å². The Balaban J connectivity index is 2.52. The zero-order valence-electron chi connectivity index (χ0n) is 8.20. The van der Waals surface area contributed by atoms with E-state index in [2.05, 4.69) is 0 Å². The van der Waals surface area contributed by atoms with Crippen LogP contribution >= 0.6 is 0 Å². The predicted octanol–water partition coefficient (Wildman–Crippen LogP) is -0.662. The summed E-state index contributed by atoms with van der Waals surface area (Å²) in [6.07, 6.45) is 0. The first-order chi connectivity index (χ1) is 7.32. The molecule has 1 aromatic rings. The highest BCUT2D eigenvalue weighted by atomic mass is 32.2. The van der Waals surface area contributed by atoms with Gasteiger partial charge < -0.3 is 0 Å². The fourth-order valence-electron chi connectivity index (χ4n) is 1.24. The molecule has 0 atom stereocenters. The maximum Gasteiger partial charge on any atom is 0.243 e. The zero-order chi connectivity index (χ0) is 12.0. The van der Waals surface area contributed by atoms with Crippen molar-refractivity contribution in [2.75, 3.05) is 13.1 Å². The molecule has 6 nitrogen and oxygen atoms in total. The summed E-state index contributed by atoms with van der Waals surface area (Å²) in [4.78, 5) is -0.244. The Morgan fingerprint density at radius 2 is 1.62 bits per heavy atom. The van der Waals surface area contributed by atoms with Crippen LogP contribution in [-0.2, 0) is 20.0 Å². The van der Waals surface area contributed by atoms with E-state index in [1.807, 2.05) is 0 Å². The first-order valence-corrected chi connectivity index (χ1v) is 7.43. The van der Waals surface area contributed by atoms with E-state index in [-0.39, 0.29) is 9.79 Å². The summed E-state index contributed by atoms with van der Waals surface area (Å²) in [7, 11) is -7.41. The van der Waals surface area contributed by atoms with Crippen molar-refractivity contribution >= 4 is 20.0 Å². The molecule has 8 heteroatoms. The summed E-state index contributed by atoms with van der Waals surface area (Å²) in [5.41, 5.74) is 0. The number of nitrogens with zero attached hydrogens (tertiary/aromatic N) is 1. The Morgan fingerprint density at radius 3 is 2.12 bits per heavy atom. The Kier molecular flexibility index (Phi) is 2.54. The molecule has 1 saturated heterocycles. The molecule has 2 rings (SSSR count). The topological polar surface area (TPSA) is 97.3 Å². The second-order valence-corrected chi connectivity index (χ2v) is 6.92. The number of primary sulfonamides is 1. The summed E-state index contributed by atoms with van der Waals surface area (Å²) >= 11 is 0. The van der Waals surface area contributed by atoms with Crippen LogP contribution in [-0.4, -0.2) is 34.2 Å². The zero-order valence-corrected chi connectivity index (χ0v) is 9.83. The number of rotatable bonds is 3. The van der Waals surface area contributed by atoms with E-state index in [9.17, 15) is 16.8 Å². The molecule has 1 heterocycles. The van der Waals surface area contributed by atoms with Gasteiger partial charge in [-0.15, -0.1) is 0 Å². The lowest BCUT2D eigenvalue weighted by Gasteiger charge is -2.05. The highest BCUT2D eigenvalue weighted by Gasteiger charge is 2.33. The first-order valence-electron chi connectivity index (χ1n) is 4.45. The van der Waals surface area contributed by atoms with Gasteiger partial charge in [0.05, 0.1) is 9.79 Å². The quantitative estimate of drug-likeness (QED) is 0.731. The molecule has 0 spiro atoms. The molecule has 88 valence electrons. The van der Waals surface area contributed by atoms with Crippen molar-refractivity contribution in [3.63, 3.8) is 0 Å². The summed E-state index contributed by atoms with van der Waals surface area (Å²) < 4.78 is 46.9. The Bertz CT molecular complexity index is 617. The molecule has 16 heavy (non-hydrogen) atoms. The third-order valence-corrected chi connectivity index (χ3v) is 4.98. The van der Waals surface area contributed by atoms with Gasteiger partial charge >= 0.3 is 0 Å². The van der Waals surface area contributed by atoms with Crippen LogP contribution in [0.4, 0.5) is 0 Å². The average Bonchev–Trinajstić information content (AvgIpc) is 3.00. The van der Waals surface area contributed by atoms with Gasteiger partial charge in [-0.05, 0) is 18.2 Å². The number of benzene rings is 1. The highest BCUT2D eigenvalue weighted by Crippen LogP contribution is 2.23. The largest absolute Gasteiger partial charge is 0.243 e.